The number of hydrogen-bond acceptors (Lipinski definition) is 2. The van der Waals surface area contributed by atoms with Gasteiger partial charge < -0.3 is 5.73 Å². The number of nitrogens with two attached hydrogens (primary N) is 1. The van der Waals surface area contributed by atoms with Crippen molar-refractivity contribution in [2.24, 2.45) is 17.6 Å². The van der Waals surface area contributed by atoms with Crippen LogP contribution in [0.25, 0.3) is 0 Å². The molecule has 4 aliphatic rings. The van der Waals surface area contributed by atoms with Crippen LogP contribution >= 0.6 is 0 Å². The Hall–Kier alpha value is -0.0800. The van der Waals surface area contributed by atoms with Crippen LogP contribution in [0, 0.1) is 11.8 Å². The molecular formula is C10H18N2. The second-order valence-corrected chi connectivity index (χ2v) is 4.92. The van der Waals surface area contributed by atoms with Crippen molar-refractivity contribution >= 4 is 0 Å². The molecule has 0 aromatic carbocycles. The molecule has 4 unspecified atom stereocenters. The number of nitrogens with zero attached hydrogens (tertiary/aromatic N) is 1. The van der Waals surface area contributed by atoms with Crippen LogP contribution in [0.2, 0.25) is 0 Å². The van der Waals surface area contributed by atoms with Crippen molar-refractivity contribution in [3.05, 3.63) is 0 Å². The maximum atomic E-state index is 6.04. The summed E-state index contributed by atoms with van der Waals surface area (Å²) >= 11 is 0. The zero-order chi connectivity index (χ0) is 8.29. The van der Waals surface area contributed by atoms with E-state index in [0.717, 1.165) is 23.9 Å². The highest BCUT2D eigenvalue weighted by atomic mass is 15.3. The number of fused-ring (bicyclic) bond motifs is 1. The summed E-state index contributed by atoms with van der Waals surface area (Å²) in [5, 5.41) is 0. The highest BCUT2D eigenvalue weighted by Gasteiger charge is 2.52. The Balaban J connectivity index is 1.70. The molecule has 0 radical (unpaired) electrons. The first-order valence-electron chi connectivity index (χ1n) is 5.28. The predicted molar refractivity (Wildman–Crippen MR) is 48.8 cm³/mol. The van der Waals surface area contributed by atoms with Crippen LogP contribution in [0.3, 0.4) is 0 Å². The standard InChI is InChI=1S/C10H18N2/c1-6(7-2-3-7)12-5-8-4-9(12)10(8)11/h6-10H,2-5,11H2,1H3. The van der Waals surface area contributed by atoms with Crippen LogP contribution < -0.4 is 5.73 Å². The van der Waals surface area contributed by atoms with E-state index in [1.165, 1.54) is 25.8 Å². The fourth-order valence-electron chi connectivity index (χ4n) is 3.02. The third kappa shape index (κ3) is 0.826. The molecule has 2 heteroatoms. The molecule has 2 saturated carbocycles. The van der Waals surface area contributed by atoms with Gasteiger partial charge in [0, 0.05) is 24.7 Å². The van der Waals surface area contributed by atoms with Gasteiger partial charge >= 0.3 is 0 Å². The number of rotatable bonds is 2. The smallest absolute Gasteiger partial charge is 0.0257 e. The first kappa shape index (κ1) is 7.34. The lowest BCUT2D eigenvalue weighted by atomic mass is 9.81. The molecule has 4 atom stereocenters. The lowest BCUT2D eigenvalue weighted by molar-refractivity contribution is 0.160. The van der Waals surface area contributed by atoms with Crippen LogP contribution in [0.15, 0.2) is 0 Å². The Kier molecular flexibility index (Phi) is 1.37. The quantitative estimate of drug-likeness (QED) is 0.658. The SMILES string of the molecule is CC(C1CC1)N1CC2CC1C2N. The lowest BCUT2D eigenvalue weighted by Crippen LogP contribution is -2.51. The van der Waals surface area contributed by atoms with Crippen LogP contribution in [0.5, 0.6) is 0 Å². The molecule has 2 N–H and O–H groups in total. The highest BCUT2D eigenvalue weighted by Crippen LogP contribution is 2.45. The van der Waals surface area contributed by atoms with Crippen molar-refractivity contribution < 1.29 is 0 Å². The normalized spacial score (nSPS) is 49.0. The van der Waals surface area contributed by atoms with Gasteiger partial charge in [-0.3, -0.25) is 4.90 Å². The van der Waals surface area contributed by atoms with Gasteiger partial charge in [0.25, 0.3) is 0 Å². The van der Waals surface area contributed by atoms with E-state index < -0.39 is 0 Å². The Bertz CT molecular complexity index is 200. The van der Waals surface area contributed by atoms with E-state index in [0.29, 0.717) is 6.04 Å². The topological polar surface area (TPSA) is 29.3 Å². The van der Waals surface area contributed by atoms with Crippen LogP contribution in [0.4, 0.5) is 0 Å². The zero-order valence-corrected chi connectivity index (χ0v) is 7.74. The summed E-state index contributed by atoms with van der Waals surface area (Å²) in [6.07, 6.45) is 4.31. The largest absolute Gasteiger partial charge is 0.326 e. The molecule has 68 valence electrons. The van der Waals surface area contributed by atoms with Gasteiger partial charge in [0.15, 0.2) is 0 Å². The molecule has 2 nitrogen and oxygen atoms in total. The number of hydrogen-bond donors (Lipinski definition) is 1. The summed E-state index contributed by atoms with van der Waals surface area (Å²) in [5.41, 5.74) is 6.04. The lowest BCUT2D eigenvalue weighted by Gasteiger charge is -2.36. The molecule has 2 saturated heterocycles. The molecule has 0 aromatic heterocycles. The highest BCUT2D eigenvalue weighted by molar-refractivity contribution is 5.09. The van der Waals surface area contributed by atoms with Crippen LogP contribution in [-0.4, -0.2) is 29.6 Å². The first-order valence-corrected chi connectivity index (χ1v) is 5.28. The molecule has 2 aliphatic heterocycles. The Morgan fingerprint density at radius 1 is 1.42 bits per heavy atom. The second-order valence-electron chi connectivity index (χ2n) is 4.92. The Morgan fingerprint density at radius 2 is 2.17 bits per heavy atom. The average molecular weight is 166 g/mol. The van der Waals surface area contributed by atoms with Crippen molar-refractivity contribution in [2.75, 3.05) is 6.54 Å². The molecule has 2 bridgehead atoms. The Labute approximate surface area is 74.1 Å². The molecule has 0 aromatic rings. The molecule has 4 rings (SSSR count). The maximum Gasteiger partial charge on any atom is 0.0257 e. The van der Waals surface area contributed by atoms with E-state index in [-0.39, 0.29) is 0 Å². The van der Waals surface area contributed by atoms with Gasteiger partial charge in [0.2, 0.25) is 0 Å². The van der Waals surface area contributed by atoms with Crippen molar-refractivity contribution in [3.8, 4) is 0 Å². The summed E-state index contributed by atoms with van der Waals surface area (Å²) in [5.74, 6) is 1.85. The first-order chi connectivity index (χ1) is 5.77. The van der Waals surface area contributed by atoms with Crippen molar-refractivity contribution in [1.82, 2.24) is 4.90 Å². The summed E-state index contributed by atoms with van der Waals surface area (Å²) in [4.78, 5) is 2.67. The summed E-state index contributed by atoms with van der Waals surface area (Å²) in [6.45, 7) is 3.69. The van der Waals surface area contributed by atoms with E-state index in [9.17, 15) is 0 Å². The fourth-order valence-corrected chi connectivity index (χ4v) is 3.02. The summed E-state index contributed by atoms with van der Waals surface area (Å²) < 4.78 is 0. The minimum atomic E-state index is 0.520. The van der Waals surface area contributed by atoms with Gasteiger partial charge in [-0.25, -0.2) is 0 Å². The van der Waals surface area contributed by atoms with E-state index in [2.05, 4.69) is 11.8 Å². The van der Waals surface area contributed by atoms with Gasteiger partial charge in [-0.15, -0.1) is 0 Å². The van der Waals surface area contributed by atoms with Gasteiger partial charge in [0.05, 0.1) is 0 Å². The van der Waals surface area contributed by atoms with Gasteiger partial charge in [-0.2, -0.15) is 0 Å². The van der Waals surface area contributed by atoms with Gasteiger partial charge in [-0.05, 0) is 38.0 Å². The van der Waals surface area contributed by atoms with E-state index >= 15 is 0 Å². The maximum absolute atomic E-state index is 6.04. The second kappa shape index (κ2) is 2.24. The van der Waals surface area contributed by atoms with Crippen molar-refractivity contribution in [2.45, 2.75) is 44.3 Å². The third-order valence-corrected chi connectivity index (χ3v) is 4.23. The van der Waals surface area contributed by atoms with E-state index in [1.807, 2.05) is 0 Å². The fraction of sp³-hybridized carbons (Fsp3) is 1.00. The molecular weight excluding hydrogens is 148 g/mol. The van der Waals surface area contributed by atoms with Crippen molar-refractivity contribution in [3.63, 3.8) is 0 Å². The van der Waals surface area contributed by atoms with Crippen molar-refractivity contribution in [1.29, 1.82) is 0 Å². The zero-order valence-electron chi connectivity index (χ0n) is 7.74. The third-order valence-electron chi connectivity index (χ3n) is 4.23. The molecule has 2 heterocycles. The molecule has 4 fully saturated rings. The minimum absolute atomic E-state index is 0.520. The Morgan fingerprint density at radius 3 is 2.58 bits per heavy atom. The summed E-state index contributed by atoms with van der Waals surface area (Å²) in [6, 6.07) is 2.10. The van der Waals surface area contributed by atoms with Gasteiger partial charge in [0.1, 0.15) is 0 Å². The average Bonchev–Trinajstić information content (AvgIpc) is 2.75. The minimum Gasteiger partial charge on any atom is -0.326 e. The van der Waals surface area contributed by atoms with Gasteiger partial charge in [-0.1, -0.05) is 0 Å². The summed E-state index contributed by atoms with van der Waals surface area (Å²) in [7, 11) is 0. The molecule has 0 spiro atoms. The molecule has 2 aliphatic carbocycles. The van der Waals surface area contributed by atoms with Crippen LogP contribution in [-0.2, 0) is 0 Å². The molecule has 12 heavy (non-hydrogen) atoms. The van der Waals surface area contributed by atoms with E-state index in [4.69, 9.17) is 5.73 Å². The monoisotopic (exact) mass is 166 g/mol. The molecule has 0 amide bonds. The predicted octanol–water partition coefficient (Wildman–Crippen LogP) is 0.816. The van der Waals surface area contributed by atoms with Crippen LogP contribution in [0.1, 0.15) is 26.2 Å². The van der Waals surface area contributed by atoms with E-state index in [1.54, 1.807) is 0 Å².